The van der Waals surface area contributed by atoms with Crippen molar-refractivity contribution in [2.45, 2.75) is 9.37 Å². The van der Waals surface area contributed by atoms with Crippen molar-refractivity contribution in [2.24, 2.45) is 0 Å². The van der Waals surface area contributed by atoms with Crippen LogP contribution in [0, 0.1) is 0 Å². The highest BCUT2D eigenvalue weighted by Crippen LogP contribution is 2.26. The van der Waals surface area contributed by atoms with Crippen LogP contribution in [0.15, 0.2) is 27.1 Å². The number of rotatable bonds is 3. The van der Waals surface area contributed by atoms with Crippen LogP contribution in [-0.4, -0.2) is 27.2 Å². The van der Waals surface area contributed by atoms with Crippen LogP contribution in [0.25, 0.3) is 0 Å². The van der Waals surface area contributed by atoms with Gasteiger partial charge in [-0.25, -0.2) is 9.97 Å². The van der Waals surface area contributed by atoms with Crippen molar-refractivity contribution in [3.8, 4) is 0 Å². The lowest BCUT2D eigenvalue weighted by molar-refractivity contribution is 0.999. The molecule has 0 aliphatic carbocycles. The van der Waals surface area contributed by atoms with Crippen LogP contribution in [0.3, 0.4) is 0 Å². The maximum atomic E-state index is 4.25. The van der Waals surface area contributed by atoms with E-state index in [1.807, 2.05) is 6.07 Å². The molecule has 72 valence electrons. The minimum absolute atomic E-state index is 0.611. The first-order chi connectivity index (χ1) is 6.88. The van der Waals surface area contributed by atoms with Gasteiger partial charge in [0.05, 0.1) is 0 Å². The molecule has 2 aromatic rings. The number of nitrogens with one attached hydrogen (secondary N) is 1. The van der Waals surface area contributed by atoms with Gasteiger partial charge in [-0.2, -0.15) is 0 Å². The van der Waals surface area contributed by atoms with Gasteiger partial charge >= 0.3 is 0 Å². The van der Waals surface area contributed by atoms with E-state index in [2.05, 4.69) is 25.5 Å². The average molecular weight is 225 g/mol. The summed E-state index contributed by atoms with van der Waals surface area (Å²) in [4.78, 5) is 8.26. The van der Waals surface area contributed by atoms with Gasteiger partial charge in [-0.05, 0) is 17.8 Å². The minimum Gasteiger partial charge on any atom is -0.357 e. The first kappa shape index (κ1) is 9.35. The van der Waals surface area contributed by atoms with Crippen molar-refractivity contribution >= 4 is 29.0 Å². The van der Waals surface area contributed by atoms with E-state index in [0.717, 1.165) is 9.37 Å². The third kappa shape index (κ3) is 2.18. The zero-order chi connectivity index (χ0) is 9.80. The highest BCUT2D eigenvalue weighted by Gasteiger charge is 2.02. The highest BCUT2D eigenvalue weighted by molar-refractivity contribution is 8.00. The van der Waals surface area contributed by atoms with Gasteiger partial charge in [-0.15, -0.1) is 10.2 Å². The Morgan fingerprint density at radius 3 is 3.14 bits per heavy atom. The molecule has 0 aromatic carbocycles. The summed E-state index contributed by atoms with van der Waals surface area (Å²) in [6.07, 6.45) is 1.71. The fourth-order valence-corrected chi connectivity index (χ4v) is 2.20. The lowest BCUT2D eigenvalue weighted by Crippen LogP contribution is -1.95. The summed E-state index contributed by atoms with van der Waals surface area (Å²) in [7, 11) is 1.79. The van der Waals surface area contributed by atoms with Gasteiger partial charge in [0.15, 0.2) is 4.34 Å². The fourth-order valence-electron chi connectivity index (χ4n) is 0.816. The Morgan fingerprint density at radius 1 is 1.50 bits per heavy atom. The third-order valence-electron chi connectivity index (χ3n) is 1.39. The first-order valence-electron chi connectivity index (χ1n) is 3.83. The van der Waals surface area contributed by atoms with Crippen LogP contribution >= 0.6 is 23.1 Å². The Balaban J connectivity index is 2.17. The summed E-state index contributed by atoms with van der Waals surface area (Å²) < 4.78 is 0.880. The molecule has 0 spiro atoms. The van der Waals surface area contributed by atoms with Crippen molar-refractivity contribution in [1.29, 1.82) is 0 Å². The van der Waals surface area contributed by atoms with Gasteiger partial charge < -0.3 is 5.32 Å². The van der Waals surface area contributed by atoms with E-state index in [0.29, 0.717) is 5.95 Å². The van der Waals surface area contributed by atoms with Crippen molar-refractivity contribution in [2.75, 3.05) is 12.4 Å². The zero-order valence-electron chi connectivity index (χ0n) is 7.34. The molecule has 0 atom stereocenters. The number of aromatic nitrogens is 4. The molecular formula is C7H7N5S2. The van der Waals surface area contributed by atoms with E-state index in [-0.39, 0.29) is 0 Å². The number of hydrogen-bond acceptors (Lipinski definition) is 7. The molecular weight excluding hydrogens is 218 g/mol. The Labute approximate surface area is 89.0 Å². The van der Waals surface area contributed by atoms with Gasteiger partial charge in [0, 0.05) is 13.2 Å². The highest BCUT2D eigenvalue weighted by atomic mass is 32.2. The molecule has 2 rings (SSSR count). The second-order valence-corrected chi connectivity index (χ2v) is 4.38. The average Bonchev–Trinajstić information content (AvgIpc) is 2.71. The molecule has 0 amide bonds. The fraction of sp³-hybridized carbons (Fsp3) is 0.143. The predicted octanol–water partition coefficient (Wildman–Crippen LogP) is 1.52. The molecule has 2 aromatic heterocycles. The van der Waals surface area contributed by atoms with E-state index in [1.54, 1.807) is 18.8 Å². The summed E-state index contributed by atoms with van der Waals surface area (Å²) in [5.41, 5.74) is 1.70. The molecule has 5 nitrogen and oxygen atoms in total. The van der Waals surface area contributed by atoms with Crippen molar-refractivity contribution < 1.29 is 0 Å². The quantitative estimate of drug-likeness (QED) is 0.799. The normalized spacial score (nSPS) is 10.1. The largest absolute Gasteiger partial charge is 0.357 e. The van der Waals surface area contributed by atoms with Gasteiger partial charge in [0.1, 0.15) is 10.5 Å². The number of anilines is 1. The maximum absolute atomic E-state index is 4.25. The molecule has 0 saturated heterocycles. The maximum Gasteiger partial charge on any atom is 0.223 e. The third-order valence-corrected chi connectivity index (χ3v) is 3.10. The van der Waals surface area contributed by atoms with Gasteiger partial charge in [-0.3, -0.25) is 0 Å². The minimum atomic E-state index is 0.611. The summed E-state index contributed by atoms with van der Waals surface area (Å²) in [5.74, 6) is 0.611. The second-order valence-electron chi connectivity index (χ2n) is 2.28. The Morgan fingerprint density at radius 2 is 2.43 bits per heavy atom. The summed E-state index contributed by atoms with van der Waals surface area (Å²) in [6, 6.07) is 1.84. The molecule has 0 radical (unpaired) electrons. The Bertz CT molecular complexity index is 402. The summed E-state index contributed by atoms with van der Waals surface area (Å²) >= 11 is 2.97. The van der Waals surface area contributed by atoms with E-state index >= 15 is 0 Å². The molecule has 7 heteroatoms. The van der Waals surface area contributed by atoms with Gasteiger partial charge in [0.2, 0.25) is 5.95 Å². The molecule has 0 aliphatic heterocycles. The molecule has 1 N–H and O–H groups in total. The molecule has 0 fully saturated rings. The van der Waals surface area contributed by atoms with Crippen LogP contribution < -0.4 is 5.32 Å². The molecule has 2 heterocycles. The monoisotopic (exact) mass is 225 g/mol. The van der Waals surface area contributed by atoms with E-state index < -0.39 is 0 Å². The lowest BCUT2D eigenvalue weighted by Gasteiger charge is -1.99. The second kappa shape index (κ2) is 4.34. The van der Waals surface area contributed by atoms with Crippen LogP contribution in [0.5, 0.6) is 0 Å². The first-order valence-corrected chi connectivity index (χ1v) is 5.53. The topological polar surface area (TPSA) is 63.6 Å². The van der Waals surface area contributed by atoms with E-state index in [9.17, 15) is 0 Å². The summed E-state index contributed by atoms with van der Waals surface area (Å²) in [5, 5.41) is 11.4. The number of hydrogen-bond donors (Lipinski definition) is 1. The Hall–Kier alpha value is -1.21. The van der Waals surface area contributed by atoms with Gasteiger partial charge in [0.25, 0.3) is 0 Å². The smallest absolute Gasteiger partial charge is 0.223 e. The predicted molar refractivity (Wildman–Crippen MR) is 55.6 cm³/mol. The van der Waals surface area contributed by atoms with Crippen LogP contribution in [-0.2, 0) is 0 Å². The SMILES string of the molecule is CNc1nccc(Sc2nncs2)n1. The summed E-state index contributed by atoms with van der Waals surface area (Å²) in [6.45, 7) is 0. The molecule has 0 saturated carbocycles. The van der Waals surface area contributed by atoms with Crippen LogP contribution in [0.2, 0.25) is 0 Å². The van der Waals surface area contributed by atoms with Crippen molar-refractivity contribution in [3.63, 3.8) is 0 Å². The van der Waals surface area contributed by atoms with Crippen molar-refractivity contribution in [3.05, 3.63) is 17.8 Å². The van der Waals surface area contributed by atoms with Crippen LogP contribution in [0.4, 0.5) is 5.95 Å². The molecule has 0 unspecified atom stereocenters. The number of nitrogens with zero attached hydrogens (tertiary/aromatic N) is 4. The van der Waals surface area contributed by atoms with Crippen molar-refractivity contribution in [1.82, 2.24) is 20.2 Å². The van der Waals surface area contributed by atoms with Gasteiger partial charge in [-0.1, -0.05) is 11.3 Å². The molecule has 14 heavy (non-hydrogen) atoms. The van der Waals surface area contributed by atoms with E-state index in [1.165, 1.54) is 23.1 Å². The molecule has 0 bridgehead atoms. The van der Waals surface area contributed by atoms with Crippen LogP contribution in [0.1, 0.15) is 0 Å². The lowest BCUT2D eigenvalue weighted by atomic mass is 10.7. The standard InChI is InChI=1S/C7H7N5S2/c1-8-6-9-3-2-5(11-6)14-7-12-10-4-13-7/h2-4H,1H3,(H,8,9,11). The Kier molecular flexibility index (Phi) is 2.90. The molecule has 0 aliphatic rings. The van der Waals surface area contributed by atoms with E-state index in [4.69, 9.17) is 0 Å². The zero-order valence-corrected chi connectivity index (χ0v) is 8.97.